The van der Waals surface area contributed by atoms with Gasteiger partial charge in [0.15, 0.2) is 6.10 Å². The number of hydrogen-bond donors (Lipinski definition) is 2. The third kappa shape index (κ3) is 4.29. The average Bonchev–Trinajstić information content (AvgIpc) is 2.95. The minimum Gasteiger partial charge on any atom is -0.451 e. The maximum Gasteiger partial charge on any atom is 0.325 e. The zero-order chi connectivity index (χ0) is 18.6. The lowest BCUT2D eigenvalue weighted by Crippen LogP contribution is -2.46. The Bertz CT molecular complexity index is 682. The van der Waals surface area contributed by atoms with Gasteiger partial charge >= 0.3 is 5.97 Å². The molecule has 5 heteroatoms. The van der Waals surface area contributed by atoms with E-state index >= 15 is 0 Å². The van der Waals surface area contributed by atoms with Crippen molar-refractivity contribution in [1.29, 1.82) is 0 Å². The van der Waals surface area contributed by atoms with Crippen LogP contribution in [0.5, 0.6) is 0 Å². The standard InChI is InChI=1S/C21H26N2O2S/c1-21(2)19(23-17(26-21)13-14-22)20(24)25-18(15-9-5-3-6-10-15)16-11-7-4-8-12-16/h3-12,17-19,23H,13-14,22H2,1-2H3/t17-,19+/m1/s1. The third-order valence-electron chi connectivity index (χ3n) is 4.60. The van der Waals surface area contributed by atoms with Crippen molar-refractivity contribution in [2.75, 3.05) is 6.54 Å². The Labute approximate surface area is 159 Å². The fraction of sp³-hybridized carbons (Fsp3) is 0.381. The van der Waals surface area contributed by atoms with Gasteiger partial charge in [-0.3, -0.25) is 10.1 Å². The molecule has 0 aromatic heterocycles. The fourth-order valence-corrected chi connectivity index (χ4v) is 4.76. The largest absolute Gasteiger partial charge is 0.451 e. The Balaban J connectivity index is 1.82. The first-order chi connectivity index (χ1) is 12.5. The zero-order valence-electron chi connectivity index (χ0n) is 15.2. The number of hydrogen-bond acceptors (Lipinski definition) is 5. The first-order valence-corrected chi connectivity index (χ1v) is 9.83. The molecule has 3 rings (SSSR count). The minimum absolute atomic E-state index is 0.180. The van der Waals surface area contributed by atoms with Crippen LogP contribution in [0.25, 0.3) is 0 Å². The highest BCUT2D eigenvalue weighted by Gasteiger charge is 2.46. The lowest BCUT2D eigenvalue weighted by Gasteiger charge is -2.26. The van der Waals surface area contributed by atoms with Gasteiger partial charge in [-0.1, -0.05) is 60.7 Å². The van der Waals surface area contributed by atoms with Crippen LogP contribution in [0.4, 0.5) is 0 Å². The molecule has 2 atom stereocenters. The number of thioether (sulfide) groups is 1. The van der Waals surface area contributed by atoms with E-state index in [0.717, 1.165) is 17.5 Å². The number of nitrogens with two attached hydrogens (primary N) is 1. The number of benzene rings is 2. The molecule has 3 N–H and O–H groups in total. The van der Waals surface area contributed by atoms with Crippen LogP contribution in [0.2, 0.25) is 0 Å². The fourth-order valence-electron chi connectivity index (χ4n) is 3.27. The van der Waals surface area contributed by atoms with Crippen molar-refractivity contribution in [2.24, 2.45) is 5.73 Å². The molecule has 0 radical (unpaired) electrons. The summed E-state index contributed by atoms with van der Waals surface area (Å²) in [6, 6.07) is 19.4. The van der Waals surface area contributed by atoms with E-state index in [-0.39, 0.29) is 22.1 Å². The lowest BCUT2D eigenvalue weighted by atomic mass is 10.00. The van der Waals surface area contributed by atoms with Gasteiger partial charge in [0.1, 0.15) is 6.04 Å². The first-order valence-electron chi connectivity index (χ1n) is 8.95. The van der Waals surface area contributed by atoms with E-state index in [1.165, 1.54) is 0 Å². The Morgan fingerprint density at radius 3 is 2.15 bits per heavy atom. The second-order valence-corrected chi connectivity index (χ2v) is 8.88. The van der Waals surface area contributed by atoms with E-state index in [9.17, 15) is 4.79 Å². The first kappa shape index (κ1) is 19.0. The summed E-state index contributed by atoms with van der Waals surface area (Å²) >= 11 is 1.76. The summed E-state index contributed by atoms with van der Waals surface area (Å²) in [5, 5.41) is 3.58. The third-order valence-corrected chi connectivity index (χ3v) is 6.10. The van der Waals surface area contributed by atoms with Crippen molar-refractivity contribution in [3.8, 4) is 0 Å². The van der Waals surface area contributed by atoms with Crippen molar-refractivity contribution >= 4 is 17.7 Å². The van der Waals surface area contributed by atoms with Crippen LogP contribution in [0.15, 0.2) is 60.7 Å². The Morgan fingerprint density at radius 2 is 1.65 bits per heavy atom. The molecule has 138 valence electrons. The molecule has 0 aliphatic carbocycles. The van der Waals surface area contributed by atoms with Gasteiger partial charge in [-0.05, 0) is 37.9 Å². The summed E-state index contributed by atoms with van der Waals surface area (Å²) in [5.74, 6) is -0.222. The maximum atomic E-state index is 13.0. The van der Waals surface area contributed by atoms with E-state index in [4.69, 9.17) is 10.5 Å². The van der Waals surface area contributed by atoms with Crippen molar-refractivity contribution in [2.45, 2.75) is 42.5 Å². The number of nitrogens with one attached hydrogen (secondary N) is 1. The second-order valence-electron chi connectivity index (χ2n) is 7.03. The monoisotopic (exact) mass is 370 g/mol. The van der Waals surface area contributed by atoms with Crippen LogP contribution in [0, 0.1) is 0 Å². The topological polar surface area (TPSA) is 64.3 Å². The number of carbonyl (C=O) groups is 1. The lowest BCUT2D eigenvalue weighted by molar-refractivity contribution is -0.150. The van der Waals surface area contributed by atoms with Crippen LogP contribution >= 0.6 is 11.8 Å². The van der Waals surface area contributed by atoms with Gasteiger partial charge < -0.3 is 10.5 Å². The molecule has 1 aliphatic heterocycles. The van der Waals surface area contributed by atoms with Gasteiger partial charge in [-0.25, -0.2) is 0 Å². The van der Waals surface area contributed by atoms with Gasteiger partial charge in [0.25, 0.3) is 0 Å². The summed E-state index contributed by atoms with van der Waals surface area (Å²) in [4.78, 5) is 13.0. The Kier molecular flexibility index (Phi) is 6.01. The summed E-state index contributed by atoms with van der Waals surface area (Å²) in [6.45, 7) is 4.75. The van der Waals surface area contributed by atoms with Gasteiger partial charge in [-0.2, -0.15) is 0 Å². The summed E-state index contributed by atoms with van der Waals surface area (Å²) in [6.07, 6.45) is 0.416. The van der Waals surface area contributed by atoms with E-state index in [1.54, 1.807) is 11.8 Å². The van der Waals surface area contributed by atoms with E-state index < -0.39 is 6.10 Å². The minimum atomic E-state index is -0.416. The normalized spacial score (nSPS) is 21.7. The van der Waals surface area contributed by atoms with E-state index in [0.29, 0.717) is 6.54 Å². The molecule has 0 unspecified atom stereocenters. The molecule has 0 bridgehead atoms. The Hall–Kier alpha value is -1.82. The van der Waals surface area contributed by atoms with Crippen LogP contribution in [-0.4, -0.2) is 28.7 Å². The smallest absolute Gasteiger partial charge is 0.325 e. The van der Waals surface area contributed by atoms with Gasteiger partial charge in [0.05, 0.1) is 5.37 Å². The van der Waals surface area contributed by atoms with Crippen molar-refractivity contribution in [3.05, 3.63) is 71.8 Å². The SMILES string of the molecule is CC1(C)S[C@H](CCN)N[C@H]1C(=O)OC(c1ccccc1)c1ccccc1. The highest BCUT2D eigenvalue weighted by Crippen LogP contribution is 2.40. The number of carbonyl (C=O) groups excluding carboxylic acids is 1. The highest BCUT2D eigenvalue weighted by molar-refractivity contribution is 8.01. The Morgan fingerprint density at radius 1 is 1.12 bits per heavy atom. The molecule has 0 saturated carbocycles. The summed E-state index contributed by atoms with van der Waals surface area (Å²) < 4.78 is 5.78. The van der Waals surface area contributed by atoms with Crippen molar-refractivity contribution < 1.29 is 9.53 Å². The maximum absolute atomic E-state index is 13.0. The summed E-state index contributed by atoms with van der Waals surface area (Å²) in [7, 11) is 0. The molecule has 2 aromatic rings. The number of esters is 1. The second kappa shape index (κ2) is 8.25. The molecule has 0 amide bonds. The predicted molar refractivity (Wildman–Crippen MR) is 107 cm³/mol. The molecule has 0 spiro atoms. The molecule has 1 saturated heterocycles. The number of ether oxygens (including phenoxy) is 1. The van der Waals surface area contributed by atoms with Crippen molar-refractivity contribution in [1.82, 2.24) is 5.32 Å². The average molecular weight is 371 g/mol. The van der Waals surface area contributed by atoms with Crippen LogP contribution in [0.3, 0.4) is 0 Å². The van der Waals surface area contributed by atoms with Crippen LogP contribution in [0.1, 0.15) is 37.5 Å². The predicted octanol–water partition coefficient (Wildman–Crippen LogP) is 3.48. The molecular weight excluding hydrogens is 344 g/mol. The van der Waals surface area contributed by atoms with Gasteiger partial charge in [0, 0.05) is 4.75 Å². The van der Waals surface area contributed by atoms with Gasteiger partial charge in [-0.15, -0.1) is 11.8 Å². The van der Waals surface area contributed by atoms with E-state index in [2.05, 4.69) is 19.2 Å². The molecule has 2 aromatic carbocycles. The van der Waals surface area contributed by atoms with Gasteiger partial charge in [0.2, 0.25) is 0 Å². The molecule has 1 heterocycles. The van der Waals surface area contributed by atoms with E-state index in [1.807, 2.05) is 60.7 Å². The van der Waals surface area contributed by atoms with Crippen LogP contribution < -0.4 is 11.1 Å². The molecule has 26 heavy (non-hydrogen) atoms. The molecule has 4 nitrogen and oxygen atoms in total. The van der Waals surface area contributed by atoms with Crippen LogP contribution in [-0.2, 0) is 9.53 Å². The molecule has 1 fully saturated rings. The molecular formula is C21H26N2O2S. The van der Waals surface area contributed by atoms with Crippen molar-refractivity contribution in [3.63, 3.8) is 0 Å². The number of rotatable bonds is 6. The summed E-state index contributed by atoms with van der Waals surface area (Å²) in [5.41, 5.74) is 7.62. The highest BCUT2D eigenvalue weighted by atomic mass is 32.2. The quantitative estimate of drug-likeness (QED) is 0.762. The zero-order valence-corrected chi connectivity index (χ0v) is 16.0. The molecule has 1 aliphatic rings.